The van der Waals surface area contributed by atoms with Crippen molar-refractivity contribution < 1.29 is 9.59 Å². The van der Waals surface area contributed by atoms with Gasteiger partial charge in [0.05, 0.1) is 0 Å². The van der Waals surface area contributed by atoms with E-state index in [-0.39, 0.29) is 11.8 Å². The molecule has 1 aromatic heterocycles. The Morgan fingerprint density at radius 2 is 1.86 bits per heavy atom. The summed E-state index contributed by atoms with van der Waals surface area (Å²) in [6.45, 7) is 9.79. The molecule has 2 aromatic rings. The van der Waals surface area contributed by atoms with Crippen molar-refractivity contribution in [3.8, 4) is 0 Å². The Morgan fingerprint density at radius 1 is 1.10 bits per heavy atom. The number of anilines is 1. The summed E-state index contributed by atoms with van der Waals surface area (Å²) >= 11 is 0. The quantitative estimate of drug-likeness (QED) is 0.818. The van der Waals surface area contributed by atoms with Crippen molar-refractivity contribution in [1.82, 2.24) is 15.2 Å². The minimum absolute atomic E-state index is 0.120. The van der Waals surface area contributed by atoms with Gasteiger partial charge in [0.2, 0.25) is 0 Å². The normalized spacial score (nSPS) is 14.2. The molecule has 1 aliphatic rings. The predicted molar refractivity (Wildman–Crippen MR) is 115 cm³/mol. The first-order valence-electron chi connectivity index (χ1n) is 10.3. The average molecular weight is 395 g/mol. The SMILES string of the molecule is Cc1cccc(N2CCN(C(=O)c3cc(C(=O)NCCC(C)C)ccn3)CC2)c1. The summed E-state index contributed by atoms with van der Waals surface area (Å²) in [5.74, 6) is 0.250. The lowest BCUT2D eigenvalue weighted by atomic mass is 10.1. The van der Waals surface area contributed by atoms with Crippen LogP contribution in [0.15, 0.2) is 42.6 Å². The first-order valence-corrected chi connectivity index (χ1v) is 10.3. The van der Waals surface area contributed by atoms with Gasteiger partial charge in [-0.3, -0.25) is 14.6 Å². The number of nitrogens with zero attached hydrogens (tertiary/aromatic N) is 3. The zero-order chi connectivity index (χ0) is 20.8. The Balaban J connectivity index is 1.59. The third-order valence-electron chi connectivity index (χ3n) is 5.18. The molecular weight excluding hydrogens is 364 g/mol. The second-order valence-corrected chi connectivity index (χ2v) is 7.99. The highest BCUT2D eigenvalue weighted by Crippen LogP contribution is 2.18. The van der Waals surface area contributed by atoms with Crippen LogP contribution in [0.25, 0.3) is 0 Å². The maximum Gasteiger partial charge on any atom is 0.272 e. The van der Waals surface area contributed by atoms with Crippen LogP contribution in [0.2, 0.25) is 0 Å². The van der Waals surface area contributed by atoms with Gasteiger partial charge < -0.3 is 15.1 Å². The molecule has 154 valence electrons. The fourth-order valence-electron chi connectivity index (χ4n) is 3.42. The Kier molecular flexibility index (Phi) is 6.86. The first kappa shape index (κ1) is 20.8. The number of rotatable bonds is 6. The molecule has 6 nitrogen and oxygen atoms in total. The van der Waals surface area contributed by atoms with Crippen molar-refractivity contribution in [3.63, 3.8) is 0 Å². The van der Waals surface area contributed by atoms with Gasteiger partial charge in [0.25, 0.3) is 11.8 Å². The lowest BCUT2D eigenvalue weighted by molar-refractivity contribution is 0.0741. The van der Waals surface area contributed by atoms with Crippen LogP contribution in [-0.2, 0) is 0 Å². The van der Waals surface area contributed by atoms with Crippen molar-refractivity contribution in [3.05, 3.63) is 59.4 Å². The summed E-state index contributed by atoms with van der Waals surface area (Å²) < 4.78 is 0. The Bertz CT molecular complexity index is 857. The number of piperazine rings is 1. The summed E-state index contributed by atoms with van der Waals surface area (Å²) in [6, 6.07) is 11.7. The maximum absolute atomic E-state index is 12.9. The van der Waals surface area contributed by atoms with Gasteiger partial charge in [-0.05, 0) is 49.1 Å². The highest BCUT2D eigenvalue weighted by Gasteiger charge is 2.23. The largest absolute Gasteiger partial charge is 0.368 e. The number of pyridine rings is 1. The molecule has 0 unspecified atom stereocenters. The van der Waals surface area contributed by atoms with Crippen LogP contribution < -0.4 is 10.2 Å². The van der Waals surface area contributed by atoms with Crippen LogP contribution in [0, 0.1) is 12.8 Å². The zero-order valence-corrected chi connectivity index (χ0v) is 17.5. The number of aromatic nitrogens is 1. The summed E-state index contributed by atoms with van der Waals surface area (Å²) in [4.78, 5) is 33.5. The highest BCUT2D eigenvalue weighted by atomic mass is 16.2. The lowest BCUT2D eigenvalue weighted by Gasteiger charge is -2.36. The van der Waals surface area contributed by atoms with Crippen molar-refractivity contribution in [2.24, 2.45) is 5.92 Å². The molecule has 29 heavy (non-hydrogen) atoms. The minimum atomic E-state index is -0.161. The molecule has 1 saturated heterocycles. The lowest BCUT2D eigenvalue weighted by Crippen LogP contribution is -2.49. The summed E-state index contributed by atoms with van der Waals surface area (Å²) in [5.41, 5.74) is 3.22. The second-order valence-electron chi connectivity index (χ2n) is 7.99. The number of hydrogen-bond donors (Lipinski definition) is 1. The van der Waals surface area contributed by atoms with Gasteiger partial charge in [-0.25, -0.2) is 0 Å². The van der Waals surface area contributed by atoms with Gasteiger partial charge >= 0.3 is 0 Å². The molecule has 0 spiro atoms. The van der Waals surface area contributed by atoms with Crippen LogP contribution in [0.5, 0.6) is 0 Å². The standard InChI is InChI=1S/C23H30N4O2/c1-17(2)7-9-25-22(28)19-8-10-24-21(16-19)23(29)27-13-11-26(12-14-27)20-6-4-5-18(3)15-20/h4-6,8,10,15-17H,7,9,11-14H2,1-3H3,(H,25,28). The van der Waals surface area contributed by atoms with E-state index in [1.807, 2.05) is 4.90 Å². The number of nitrogens with one attached hydrogen (secondary N) is 1. The highest BCUT2D eigenvalue weighted by molar-refractivity contribution is 5.98. The van der Waals surface area contributed by atoms with E-state index >= 15 is 0 Å². The van der Waals surface area contributed by atoms with Crippen LogP contribution in [-0.4, -0.2) is 54.4 Å². The van der Waals surface area contributed by atoms with E-state index in [1.54, 1.807) is 12.1 Å². The summed E-state index contributed by atoms with van der Waals surface area (Å²) in [5, 5.41) is 2.91. The molecule has 0 bridgehead atoms. The molecule has 2 heterocycles. The molecule has 3 rings (SSSR count). The van der Waals surface area contributed by atoms with E-state index in [4.69, 9.17) is 0 Å². The summed E-state index contributed by atoms with van der Waals surface area (Å²) in [7, 11) is 0. The van der Waals surface area contributed by atoms with E-state index in [0.29, 0.717) is 36.8 Å². The van der Waals surface area contributed by atoms with E-state index < -0.39 is 0 Å². The smallest absolute Gasteiger partial charge is 0.272 e. The van der Waals surface area contributed by atoms with Gasteiger partial charge in [0.15, 0.2) is 0 Å². The van der Waals surface area contributed by atoms with Crippen LogP contribution >= 0.6 is 0 Å². The molecule has 1 aromatic carbocycles. The summed E-state index contributed by atoms with van der Waals surface area (Å²) in [6.07, 6.45) is 2.46. The molecule has 1 aliphatic heterocycles. The fraction of sp³-hybridized carbons (Fsp3) is 0.435. The molecular formula is C23H30N4O2. The minimum Gasteiger partial charge on any atom is -0.368 e. The number of hydrogen-bond acceptors (Lipinski definition) is 4. The Morgan fingerprint density at radius 3 is 2.55 bits per heavy atom. The van der Waals surface area contributed by atoms with Gasteiger partial charge in [-0.1, -0.05) is 26.0 Å². The third kappa shape index (κ3) is 5.56. The molecule has 6 heteroatoms. The second kappa shape index (κ2) is 9.54. The number of aryl methyl sites for hydroxylation is 1. The van der Waals surface area contributed by atoms with Gasteiger partial charge in [0, 0.05) is 50.2 Å². The van der Waals surface area contributed by atoms with Crippen molar-refractivity contribution >= 4 is 17.5 Å². The molecule has 0 radical (unpaired) electrons. The van der Waals surface area contributed by atoms with E-state index in [1.165, 1.54) is 17.4 Å². The molecule has 1 N–H and O–H groups in total. The van der Waals surface area contributed by atoms with Crippen LogP contribution in [0.1, 0.15) is 46.7 Å². The number of carbonyl (C=O) groups excluding carboxylic acids is 2. The van der Waals surface area contributed by atoms with Gasteiger partial charge in [0.1, 0.15) is 5.69 Å². The first-order chi connectivity index (χ1) is 13.9. The van der Waals surface area contributed by atoms with E-state index in [9.17, 15) is 9.59 Å². The van der Waals surface area contributed by atoms with Gasteiger partial charge in [-0.2, -0.15) is 0 Å². The van der Waals surface area contributed by atoms with Crippen molar-refractivity contribution in [1.29, 1.82) is 0 Å². The van der Waals surface area contributed by atoms with E-state index in [2.05, 4.69) is 60.2 Å². The molecule has 0 aliphatic carbocycles. The molecule has 1 fully saturated rings. The van der Waals surface area contributed by atoms with Gasteiger partial charge in [-0.15, -0.1) is 0 Å². The van der Waals surface area contributed by atoms with Crippen LogP contribution in [0.4, 0.5) is 5.69 Å². The van der Waals surface area contributed by atoms with Crippen molar-refractivity contribution in [2.45, 2.75) is 27.2 Å². The Hall–Kier alpha value is -2.89. The zero-order valence-electron chi connectivity index (χ0n) is 17.5. The Labute approximate surface area is 172 Å². The molecule has 0 atom stereocenters. The topological polar surface area (TPSA) is 65.5 Å². The van der Waals surface area contributed by atoms with Crippen LogP contribution in [0.3, 0.4) is 0 Å². The monoisotopic (exact) mass is 394 g/mol. The molecule has 2 amide bonds. The fourth-order valence-corrected chi connectivity index (χ4v) is 3.42. The number of benzene rings is 1. The van der Waals surface area contributed by atoms with Crippen molar-refractivity contribution in [2.75, 3.05) is 37.6 Å². The van der Waals surface area contributed by atoms with E-state index in [0.717, 1.165) is 19.5 Å². The number of amides is 2. The average Bonchev–Trinajstić information content (AvgIpc) is 2.73. The maximum atomic E-state index is 12.9. The number of carbonyl (C=O) groups is 2. The predicted octanol–water partition coefficient (Wildman–Crippen LogP) is 3.13. The molecule has 0 saturated carbocycles. The third-order valence-corrected chi connectivity index (χ3v) is 5.18.